The van der Waals surface area contributed by atoms with Crippen molar-refractivity contribution in [1.82, 2.24) is 15.5 Å². The van der Waals surface area contributed by atoms with Gasteiger partial charge in [0, 0.05) is 18.1 Å². The highest BCUT2D eigenvalue weighted by Crippen LogP contribution is 2.36. The van der Waals surface area contributed by atoms with E-state index in [9.17, 15) is 4.79 Å². The van der Waals surface area contributed by atoms with Crippen molar-refractivity contribution in [2.75, 3.05) is 20.6 Å². The van der Waals surface area contributed by atoms with Crippen LogP contribution in [0.5, 0.6) is 0 Å². The van der Waals surface area contributed by atoms with Crippen LogP contribution in [0.25, 0.3) is 0 Å². The second kappa shape index (κ2) is 6.25. The van der Waals surface area contributed by atoms with E-state index < -0.39 is 0 Å². The van der Waals surface area contributed by atoms with Gasteiger partial charge in [-0.3, -0.25) is 4.79 Å². The summed E-state index contributed by atoms with van der Waals surface area (Å²) in [4.78, 5) is 14.8. The average molecular weight is 293 g/mol. The third kappa shape index (κ3) is 3.11. The largest absolute Gasteiger partial charge is 0.353 e. The number of piperidine rings is 1. The fraction of sp³-hybridized carbons (Fsp3) is 0.941. The molecule has 3 fully saturated rings. The van der Waals surface area contributed by atoms with E-state index >= 15 is 0 Å². The maximum atomic E-state index is 12.5. The molecule has 0 radical (unpaired) electrons. The molecule has 1 heterocycles. The van der Waals surface area contributed by atoms with E-state index in [1.807, 2.05) is 0 Å². The molecule has 3 aliphatic rings. The van der Waals surface area contributed by atoms with Crippen LogP contribution >= 0.6 is 0 Å². The minimum absolute atomic E-state index is 0.0450. The molecule has 2 saturated carbocycles. The first kappa shape index (κ1) is 15.3. The maximum absolute atomic E-state index is 12.5. The Labute approximate surface area is 129 Å². The Morgan fingerprint density at radius 2 is 1.90 bits per heavy atom. The van der Waals surface area contributed by atoms with Gasteiger partial charge < -0.3 is 15.5 Å². The van der Waals surface area contributed by atoms with Crippen molar-refractivity contribution in [3.63, 3.8) is 0 Å². The monoisotopic (exact) mass is 293 g/mol. The van der Waals surface area contributed by atoms with Gasteiger partial charge in [0.1, 0.15) is 0 Å². The molecule has 0 bridgehead atoms. The van der Waals surface area contributed by atoms with Gasteiger partial charge in [0.05, 0.1) is 6.04 Å². The van der Waals surface area contributed by atoms with Gasteiger partial charge in [-0.05, 0) is 65.0 Å². The van der Waals surface area contributed by atoms with Gasteiger partial charge in [0.2, 0.25) is 5.91 Å². The van der Waals surface area contributed by atoms with Crippen LogP contribution in [0.1, 0.15) is 57.8 Å². The van der Waals surface area contributed by atoms with Gasteiger partial charge in [-0.2, -0.15) is 0 Å². The lowest BCUT2D eigenvalue weighted by atomic mass is 9.75. The first-order chi connectivity index (χ1) is 10.1. The topological polar surface area (TPSA) is 44.4 Å². The molecule has 0 aromatic rings. The molecule has 3 atom stereocenters. The Kier molecular flexibility index (Phi) is 4.55. The summed E-state index contributed by atoms with van der Waals surface area (Å²) in [5.41, 5.74) is 0.220. The second-order valence-electron chi connectivity index (χ2n) is 7.64. The highest BCUT2D eigenvalue weighted by molar-refractivity contribution is 5.82. The predicted molar refractivity (Wildman–Crippen MR) is 85.2 cm³/mol. The number of nitrogens with zero attached hydrogens (tertiary/aromatic N) is 1. The number of likely N-dealkylation sites (N-methyl/N-ethyl adjacent to an activating group) is 1. The zero-order valence-corrected chi connectivity index (χ0v) is 13.7. The van der Waals surface area contributed by atoms with Gasteiger partial charge in [-0.1, -0.05) is 12.8 Å². The van der Waals surface area contributed by atoms with Gasteiger partial charge in [-0.15, -0.1) is 0 Å². The number of rotatable bonds is 4. The normalized spacial score (nSPS) is 34.9. The summed E-state index contributed by atoms with van der Waals surface area (Å²) in [6.45, 7) is 0.811. The minimum atomic E-state index is 0.0450. The fourth-order valence-electron chi connectivity index (χ4n) is 4.44. The summed E-state index contributed by atoms with van der Waals surface area (Å²) in [6, 6.07) is 0.637. The summed E-state index contributed by atoms with van der Waals surface area (Å²) in [7, 11) is 4.27. The van der Waals surface area contributed by atoms with E-state index in [4.69, 9.17) is 0 Å². The number of carbonyl (C=O) groups is 1. The number of amides is 1. The van der Waals surface area contributed by atoms with Crippen LogP contribution < -0.4 is 10.6 Å². The lowest BCUT2D eigenvalue weighted by Crippen LogP contribution is -2.60. The smallest absolute Gasteiger partial charge is 0.237 e. The second-order valence-corrected chi connectivity index (χ2v) is 7.64. The molecule has 120 valence electrons. The molecule has 21 heavy (non-hydrogen) atoms. The Balaban J connectivity index is 1.49. The molecule has 3 unspecified atom stereocenters. The molecule has 2 aliphatic carbocycles. The van der Waals surface area contributed by atoms with E-state index in [1.165, 1.54) is 51.4 Å². The molecular formula is C17H31N3O. The van der Waals surface area contributed by atoms with Crippen molar-refractivity contribution in [1.29, 1.82) is 0 Å². The highest BCUT2D eigenvalue weighted by Gasteiger charge is 2.40. The van der Waals surface area contributed by atoms with Gasteiger partial charge >= 0.3 is 0 Å². The van der Waals surface area contributed by atoms with Gasteiger partial charge in [-0.25, -0.2) is 0 Å². The van der Waals surface area contributed by atoms with Crippen molar-refractivity contribution >= 4 is 5.91 Å². The number of nitrogens with one attached hydrogen (secondary N) is 2. The lowest BCUT2D eigenvalue weighted by molar-refractivity contribution is -0.125. The highest BCUT2D eigenvalue weighted by atomic mass is 16.2. The molecule has 4 nitrogen and oxygen atoms in total. The molecular weight excluding hydrogens is 262 g/mol. The van der Waals surface area contributed by atoms with Crippen LogP contribution in [-0.2, 0) is 4.79 Å². The Hall–Kier alpha value is -0.610. The standard InChI is InChI=1S/C17H31N3O/c1-20(2)17(10-5-11-17)12-18-16(21)15-9-8-13-6-3-4-7-14(13)19-15/h13-15,19H,3-12H2,1-2H3,(H,18,21). The maximum Gasteiger partial charge on any atom is 0.237 e. The first-order valence-corrected chi connectivity index (χ1v) is 8.82. The average Bonchev–Trinajstić information content (AvgIpc) is 2.45. The van der Waals surface area contributed by atoms with Crippen molar-refractivity contribution < 1.29 is 4.79 Å². The van der Waals surface area contributed by atoms with Crippen LogP contribution in [0.15, 0.2) is 0 Å². The quantitative estimate of drug-likeness (QED) is 0.832. The molecule has 0 aromatic heterocycles. The Morgan fingerprint density at radius 3 is 2.57 bits per heavy atom. The van der Waals surface area contributed by atoms with Crippen LogP contribution in [0.3, 0.4) is 0 Å². The predicted octanol–water partition coefficient (Wildman–Crippen LogP) is 1.90. The Morgan fingerprint density at radius 1 is 1.14 bits per heavy atom. The summed E-state index contributed by atoms with van der Waals surface area (Å²) in [5.74, 6) is 1.05. The molecule has 4 heteroatoms. The SMILES string of the molecule is CN(C)C1(CNC(=O)C2CCC3CCCCC3N2)CCC1. The van der Waals surface area contributed by atoms with Crippen molar-refractivity contribution in [2.24, 2.45) is 5.92 Å². The van der Waals surface area contributed by atoms with Crippen LogP contribution in [-0.4, -0.2) is 49.1 Å². The van der Waals surface area contributed by atoms with Crippen LogP contribution in [0.2, 0.25) is 0 Å². The molecule has 1 saturated heterocycles. The molecule has 0 spiro atoms. The van der Waals surface area contributed by atoms with Crippen molar-refractivity contribution in [3.8, 4) is 0 Å². The zero-order valence-electron chi connectivity index (χ0n) is 13.7. The van der Waals surface area contributed by atoms with E-state index in [0.717, 1.165) is 18.9 Å². The summed E-state index contributed by atoms with van der Waals surface area (Å²) in [6.07, 6.45) is 11.3. The number of hydrogen-bond donors (Lipinski definition) is 2. The lowest BCUT2D eigenvalue weighted by Gasteiger charge is -2.47. The molecule has 3 rings (SSSR count). The third-order valence-electron chi connectivity index (χ3n) is 6.29. The molecule has 2 N–H and O–H groups in total. The molecule has 1 amide bonds. The van der Waals surface area contributed by atoms with E-state index in [0.29, 0.717) is 6.04 Å². The number of carbonyl (C=O) groups excluding carboxylic acids is 1. The van der Waals surface area contributed by atoms with Gasteiger partial charge in [0.15, 0.2) is 0 Å². The van der Waals surface area contributed by atoms with E-state index in [1.54, 1.807) is 0 Å². The summed E-state index contributed by atoms with van der Waals surface area (Å²) in [5, 5.41) is 6.86. The minimum Gasteiger partial charge on any atom is -0.353 e. The fourth-order valence-corrected chi connectivity index (χ4v) is 4.44. The number of hydrogen-bond acceptors (Lipinski definition) is 3. The summed E-state index contributed by atoms with van der Waals surface area (Å²) >= 11 is 0. The van der Waals surface area contributed by atoms with Crippen LogP contribution in [0, 0.1) is 5.92 Å². The molecule has 1 aliphatic heterocycles. The van der Waals surface area contributed by atoms with E-state index in [2.05, 4.69) is 29.6 Å². The number of fused-ring (bicyclic) bond motifs is 1. The van der Waals surface area contributed by atoms with Gasteiger partial charge in [0.25, 0.3) is 0 Å². The van der Waals surface area contributed by atoms with Crippen molar-refractivity contribution in [3.05, 3.63) is 0 Å². The zero-order chi connectivity index (χ0) is 14.9. The van der Waals surface area contributed by atoms with E-state index in [-0.39, 0.29) is 17.5 Å². The third-order valence-corrected chi connectivity index (χ3v) is 6.29. The summed E-state index contributed by atoms with van der Waals surface area (Å²) < 4.78 is 0. The van der Waals surface area contributed by atoms with Crippen molar-refractivity contribution in [2.45, 2.75) is 75.4 Å². The first-order valence-electron chi connectivity index (χ1n) is 8.82. The Bertz CT molecular complexity index is 378. The molecule has 0 aromatic carbocycles. The van der Waals surface area contributed by atoms with Crippen LogP contribution in [0.4, 0.5) is 0 Å².